The molecule has 0 aliphatic heterocycles. The second-order valence-corrected chi connectivity index (χ2v) is 8.22. The van der Waals surface area contributed by atoms with E-state index in [9.17, 15) is 23.9 Å². The summed E-state index contributed by atoms with van der Waals surface area (Å²) in [5.41, 5.74) is 2.27. The van der Waals surface area contributed by atoms with Crippen molar-refractivity contribution in [3.05, 3.63) is 84.3 Å². The van der Waals surface area contributed by atoms with Gasteiger partial charge in [-0.25, -0.2) is 9.37 Å². The summed E-state index contributed by atoms with van der Waals surface area (Å²) < 4.78 is 13.2. The van der Waals surface area contributed by atoms with Crippen LogP contribution >= 0.6 is 0 Å². The Bertz CT molecular complexity index is 1150. The van der Waals surface area contributed by atoms with Crippen LogP contribution in [0.5, 0.6) is 0 Å². The maximum absolute atomic E-state index is 13.2. The van der Waals surface area contributed by atoms with Crippen LogP contribution in [0.25, 0.3) is 11.1 Å². The van der Waals surface area contributed by atoms with Gasteiger partial charge in [0, 0.05) is 48.7 Å². The van der Waals surface area contributed by atoms with Gasteiger partial charge in [-0.2, -0.15) is 0 Å². The number of pyridine rings is 1. The maximum Gasteiger partial charge on any atom is 0.305 e. The molecule has 0 aliphatic rings. The number of aliphatic carboxylic acids is 1. The fraction of sp³-hybridized carbons (Fsp3) is 0.259. The number of hydrogen-bond acceptors (Lipinski definition) is 5. The summed E-state index contributed by atoms with van der Waals surface area (Å²) in [6, 6.07) is 17.9. The van der Waals surface area contributed by atoms with Crippen LogP contribution in [0.3, 0.4) is 0 Å². The van der Waals surface area contributed by atoms with Crippen molar-refractivity contribution >= 4 is 53.2 Å². The molecule has 0 fully saturated rings. The third-order valence-electron chi connectivity index (χ3n) is 5.45. The fourth-order valence-corrected chi connectivity index (χ4v) is 3.58. The van der Waals surface area contributed by atoms with Crippen molar-refractivity contribution in [3.63, 3.8) is 0 Å². The second-order valence-electron chi connectivity index (χ2n) is 8.22. The number of carbonyl (C=O) groups is 3. The second kappa shape index (κ2) is 15.8. The largest absolute Gasteiger partial charge is 0.481 e. The number of unbranched alkanes of at least 4 members (excludes halogenated alkanes) is 1. The Morgan fingerprint density at radius 1 is 0.892 bits per heavy atom. The fourth-order valence-electron chi connectivity index (χ4n) is 3.58. The molecule has 37 heavy (non-hydrogen) atoms. The first kappa shape index (κ1) is 30.0. The number of rotatable bonds is 13. The van der Waals surface area contributed by atoms with Crippen molar-refractivity contribution in [2.75, 3.05) is 18.4 Å². The number of nitrogens with one attached hydrogen (secondary N) is 3. The monoisotopic (exact) mass is 515 g/mol. The Hall–Kier alpha value is -3.27. The smallest absolute Gasteiger partial charge is 0.305 e. The van der Waals surface area contributed by atoms with Crippen molar-refractivity contribution in [1.29, 1.82) is 0 Å². The van der Waals surface area contributed by atoms with E-state index in [0.29, 0.717) is 18.5 Å². The van der Waals surface area contributed by atoms with Gasteiger partial charge in [0.1, 0.15) is 11.6 Å². The van der Waals surface area contributed by atoms with Crippen LogP contribution < -0.4 is 16.0 Å². The summed E-state index contributed by atoms with van der Waals surface area (Å²) in [6.07, 6.45) is 3.09. The number of carbonyl (C=O) groups excluding carboxylic acids is 2. The van der Waals surface area contributed by atoms with Crippen molar-refractivity contribution in [2.24, 2.45) is 0 Å². The molecule has 8 nitrogen and oxygen atoms in total. The van der Waals surface area contributed by atoms with E-state index in [1.165, 1.54) is 12.1 Å². The summed E-state index contributed by atoms with van der Waals surface area (Å²) in [4.78, 5) is 40.0. The number of aromatic nitrogens is 1. The summed E-state index contributed by atoms with van der Waals surface area (Å²) >= 11 is 0. The molecule has 189 valence electrons. The molecule has 0 saturated carbocycles. The van der Waals surface area contributed by atoms with Crippen molar-refractivity contribution in [3.8, 4) is 11.1 Å². The number of carboxylic acid groups (broad SMARTS) is 1. The van der Waals surface area contributed by atoms with Gasteiger partial charge in [0.15, 0.2) is 0 Å². The molecule has 1 aromatic heterocycles. The molecule has 1 atom stereocenters. The van der Waals surface area contributed by atoms with Gasteiger partial charge in [-0.3, -0.25) is 14.4 Å². The van der Waals surface area contributed by atoms with E-state index in [4.69, 9.17) is 0 Å². The van der Waals surface area contributed by atoms with Crippen molar-refractivity contribution in [2.45, 2.75) is 31.7 Å². The van der Waals surface area contributed by atoms with Crippen LogP contribution in [0.15, 0.2) is 72.9 Å². The third-order valence-corrected chi connectivity index (χ3v) is 5.45. The van der Waals surface area contributed by atoms with Crippen molar-refractivity contribution in [1.82, 2.24) is 15.6 Å². The standard InChI is InChI=1S/C27H29FN4O4.Na/c28-22-13-11-20(12-14-22)19-7-9-21(10-8-19)23(17-27(35)36)32-26(34)18-31-25(33)6-2-4-16-30-24-5-1-3-15-29-24;/h1,3,5,7-15,23H,2,4,6,16-18H2,(H,29,30)(H,31,33)(H,32,34)(H,35,36);. The number of anilines is 1. The molecule has 1 radical (unpaired) electrons. The van der Waals surface area contributed by atoms with E-state index in [1.54, 1.807) is 42.6 Å². The van der Waals surface area contributed by atoms with Crippen LogP contribution in [0.2, 0.25) is 0 Å². The van der Waals surface area contributed by atoms with Gasteiger partial charge in [-0.15, -0.1) is 0 Å². The van der Waals surface area contributed by atoms with E-state index >= 15 is 0 Å². The summed E-state index contributed by atoms with van der Waals surface area (Å²) in [7, 11) is 0. The van der Waals surface area contributed by atoms with Crippen LogP contribution in [-0.4, -0.2) is 70.5 Å². The molecule has 2 amide bonds. The Morgan fingerprint density at radius 2 is 1.57 bits per heavy atom. The van der Waals surface area contributed by atoms with Gasteiger partial charge in [0.2, 0.25) is 11.8 Å². The quantitative estimate of drug-likeness (QED) is 0.204. The van der Waals surface area contributed by atoms with Crippen LogP contribution in [-0.2, 0) is 14.4 Å². The third kappa shape index (κ3) is 10.7. The number of carboxylic acids is 1. The molecule has 4 N–H and O–H groups in total. The number of halogens is 1. The molecule has 0 aliphatic carbocycles. The molecule has 0 saturated heterocycles. The van der Waals surface area contributed by atoms with E-state index in [1.807, 2.05) is 18.2 Å². The van der Waals surface area contributed by atoms with Crippen LogP contribution in [0, 0.1) is 5.82 Å². The van der Waals surface area contributed by atoms with Gasteiger partial charge in [0.05, 0.1) is 19.0 Å². The SMILES string of the molecule is O=C(O)CC(NC(=O)CNC(=O)CCCCNc1ccccn1)c1ccc(-c2ccc(F)cc2)cc1.[Na]. The first-order valence-corrected chi connectivity index (χ1v) is 11.7. The molecule has 1 heterocycles. The molecule has 1 unspecified atom stereocenters. The Labute approximate surface area is 237 Å². The number of amides is 2. The van der Waals surface area contributed by atoms with Gasteiger partial charge in [-0.1, -0.05) is 42.5 Å². The van der Waals surface area contributed by atoms with Crippen LogP contribution in [0.1, 0.15) is 37.3 Å². The molecular formula is C27H29FN4NaO4. The average Bonchev–Trinajstić information content (AvgIpc) is 2.88. The molecule has 3 rings (SSSR count). The van der Waals surface area contributed by atoms with Crippen LogP contribution in [0.4, 0.5) is 10.2 Å². The topological polar surface area (TPSA) is 120 Å². The predicted octanol–water partition coefficient (Wildman–Crippen LogP) is 3.54. The Kier molecular flexibility index (Phi) is 12.8. The zero-order valence-corrected chi connectivity index (χ0v) is 22.7. The molecule has 3 aromatic rings. The minimum Gasteiger partial charge on any atom is -0.481 e. The van der Waals surface area contributed by atoms with Gasteiger partial charge >= 0.3 is 5.97 Å². The normalized spacial score (nSPS) is 11.1. The predicted molar refractivity (Wildman–Crippen MR) is 140 cm³/mol. The molecule has 0 spiro atoms. The molecule has 0 bridgehead atoms. The van der Waals surface area contributed by atoms with Gasteiger partial charge < -0.3 is 21.1 Å². The van der Waals surface area contributed by atoms with E-state index in [0.717, 1.165) is 23.4 Å². The van der Waals surface area contributed by atoms with Crippen molar-refractivity contribution < 1.29 is 23.9 Å². The Morgan fingerprint density at radius 3 is 2.19 bits per heavy atom. The molecular weight excluding hydrogens is 486 g/mol. The first-order valence-electron chi connectivity index (χ1n) is 11.7. The average molecular weight is 516 g/mol. The van der Waals surface area contributed by atoms with E-state index < -0.39 is 17.9 Å². The van der Waals surface area contributed by atoms with E-state index in [2.05, 4.69) is 20.9 Å². The number of nitrogens with zero attached hydrogens (tertiary/aromatic N) is 1. The Balaban J connectivity index is 0.00000481. The molecule has 2 aromatic carbocycles. The summed E-state index contributed by atoms with van der Waals surface area (Å²) in [5, 5.41) is 17.7. The minimum atomic E-state index is -1.06. The maximum atomic E-state index is 13.2. The first-order chi connectivity index (χ1) is 17.4. The summed E-state index contributed by atoms with van der Waals surface area (Å²) in [5.74, 6) is -1.34. The summed E-state index contributed by atoms with van der Waals surface area (Å²) in [6.45, 7) is 0.441. The minimum absolute atomic E-state index is 0. The van der Waals surface area contributed by atoms with Gasteiger partial charge in [0.25, 0.3) is 0 Å². The molecule has 10 heteroatoms. The zero-order valence-electron chi connectivity index (χ0n) is 20.7. The number of benzene rings is 2. The number of hydrogen-bond donors (Lipinski definition) is 4. The zero-order chi connectivity index (χ0) is 25.8. The van der Waals surface area contributed by atoms with Gasteiger partial charge in [-0.05, 0) is 53.8 Å². The van der Waals surface area contributed by atoms with E-state index in [-0.39, 0.29) is 60.7 Å².